The Labute approximate surface area is 123 Å². The Morgan fingerprint density at radius 3 is 3.10 bits per heavy atom. The normalized spacial score (nSPS) is 35.9. The summed E-state index contributed by atoms with van der Waals surface area (Å²) in [4.78, 5) is 7.75. The smallest absolute Gasteiger partial charge is 0.0670 e. The molecular weight excluding hydrogens is 244 g/mol. The van der Waals surface area contributed by atoms with Crippen LogP contribution in [0.2, 0.25) is 0 Å². The molecule has 0 aromatic carbocycles. The summed E-state index contributed by atoms with van der Waals surface area (Å²) < 4.78 is 0. The van der Waals surface area contributed by atoms with Gasteiger partial charge in [-0.3, -0.25) is 9.89 Å². The van der Waals surface area contributed by atoms with E-state index in [0.717, 1.165) is 24.8 Å². The fraction of sp³-hybridized carbons (Fsp3) is 0.722. The van der Waals surface area contributed by atoms with E-state index in [4.69, 9.17) is 4.99 Å². The molecule has 0 amide bonds. The summed E-state index contributed by atoms with van der Waals surface area (Å²) in [6, 6.07) is 1.21. The van der Waals surface area contributed by atoms with Crippen LogP contribution in [0, 0.1) is 17.8 Å². The molecule has 20 heavy (non-hydrogen) atoms. The van der Waals surface area contributed by atoms with E-state index in [2.05, 4.69) is 43.6 Å². The molecule has 0 spiro atoms. The molecule has 2 aliphatic heterocycles. The SMILES string of the molecule is C=CCC(C)C(C)N1CC2CC3CCC=CC3=NC2C1. The van der Waals surface area contributed by atoms with Crippen molar-refractivity contribution in [2.45, 2.75) is 51.6 Å². The first kappa shape index (κ1) is 14.1. The summed E-state index contributed by atoms with van der Waals surface area (Å²) in [5.74, 6) is 2.25. The highest BCUT2D eigenvalue weighted by Crippen LogP contribution is 2.37. The maximum Gasteiger partial charge on any atom is 0.0670 e. The third-order valence-corrected chi connectivity index (χ3v) is 5.66. The molecule has 0 aromatic heterocycles. The fourth-order valence-electron chi connectivity index (χ4n) is 4.15. The highest BCUT2D eigenvalue weighted by molar-refractivity contribution is 5.98. The Bertz CT molecular complexity index is 423. The predicted molar refractivity (Wildman–Crippen MR) is 86.2 cm³/mol. The molecule has 1 fully saturated rings. The molecule has 0 radical (unpaired) electrons. The van der Waals surface area contributed by atoms with Gasteiger partial charge in [-0.2, -0.15) is 0 Å². The minimum atomic E-state index is 0.558. The average Bonchev–Trinajstić information content (AvgIpc) is 2.86. The lowest BCUT2D eigenvalue weighted by Gasteiger charge is -2.31. The van der Waals surface area contributed by atoms with Gasteiger partial charge < -0.3 is 0 Å². The van der Waals surface area contributed by atoms with Crippen LogP contribution < -0.4 is 0 Å². The van der Waals surface area contributed by atoms with Crippen LogP contribution in [0.25, 0.3) is 0 Å². The van der Waals surface area contributed by atoms with Crippen LogP contribution in [0.5, 0.6) is 0 Å². The van der Waals surface area contributed by atoms with Gasteiger partial charge in [0, 0.05) is 30.8 Å². The minimum Gasteiger partial charge on any atom is -0.298 e. The number of allylic oxidation sites excluding steroid dienone is 3. The Balaban J connectivity index is 1.67. The molecule has 5 atom stereocenters. The zero-order valence-corrected chi connectivity index (χ0v) is 13.0. The summed E-state index contributed by atoms with van der Waals surface area (Å²) in [5.41, 5.74) is 1.39. The van der Waals surface area contributed by atoms with Gasteiger partial charge in [-0.05, 0) is 50.5 Å². The monoisotopic (exact) mass is 272 g/mol. The van der Waals surface area contributed by atoms with Gasteiger partial charge in [0.15, 0.2) is 0 Å². The number of fused-ring (bicyclic) bond motifs is 2. The molecule has 2 nitrogen and oxygen atoms in total. The molecule has 2 heteroatoms. The third kappa shape index (κ3) is 2.63. The van der Waals surface area contributed by atoms with E-state index in [1.165, 1.54) is 31.5 Å². The molecule has 3 rings (SSSR count). The lowest BCUT2D eigenvalue weighted by Crippen LogP contribution is -2.36. The van der Waals surface area contributed by atoms with Gasteiger partial charge in [-0.15, -0.1) is 6.58 Å². The molecular formula is C18H28N2. The number of rotatable bonds is 4. The fourth-order valence-corrected chi connectivity index (χ4v) is 4.15. The molecule has 1 saturated heterocycles. The highest BCUT2D eigenvalue weighted by atomic mass is 15.2. The Kier molecular flexibility index (Phi) is 4.11. The first-order chi connectivity index (χ1) is 9.69. The van der Waals surface area contributed by atoms with Crippen molar-refractivity contribution in [3.8, 4) is 0 Å². The van der Waals surface area contributed by atoms with Gasteiger partial charge in [0.2, 0.25) is 0 Å². The van der Waals surface area contributed by atoms with Gasteiger partial charge in [0.1, 0.15) is 0 Å². The van der Waals surface area contributed by atoms with Gasteiger partial charge in [-0.25, -0.2) is 0 Å². The maximum atomic E-state index is 5.07. The minimum absolute atomic E-state index is 0.558. The standard InChI is InChI=1S/C18H28N2/c1-4-7-13(2)14(3)20-11-16-10-15-8-5-6-9-17(15)19-18(16)12-20/h4,6,9,13-16,18H,1,5,7-8,10-12H2,2-3H3. The van der Waals surface area contributed by atoms with E-state index in [9.17, 15) is 0 Å². The molecule has 110 valence electrons. The van der Waals surface area contributed by atoms with E-state index in [0.29, 0.717) is 18.0 Å². The van der Waals surface area contributed by atoms with Crippen molar-refractivity contribution in [1.82, 2.24) is 4.90 Å². The van der Waals surface area contributed by atoms with Crippen LogP contribution >= 0.6 is 0 Å². The Morgan fingerprint density at radius 2 is 2.30 bits per heavy atom. The number of likely N-dealkylation sites (tertiary alicyclic amines) is 1. The van der Waals surface area contributed by atoms with Crippen molar-refractivity contribution < 1.29 is 0 Å². The second kappa shape index (κ2) is 5.85. The van der Waals surface area contributed by atoms with Crippen LogP contribution in [0.15, 0.2) is 29.8 Å². The van der Waals surface area contributed by atoms with E-state index < -0.39 is 0 Å². The van der Waals surface area contributed by atoms with Crippen molar-refractivity contribution in [1.29, 1.82) is 0 Å². The lowest BCUT2D eigenvalue weighted by molar-refractivity contribution is 0.190. The summed E-state index contributed by atoms with van der Waals surface area (Å²) >= 11 is 0. The Morgan fingerprint density at radius 1 is 1.45 bits per heavy atom. The van der Waals surface area contributed by atoms with Gasteiger partial charge >= 0.3 is 0 Å². The molecule has 5 unspecified atom stereocenters. The van der Waals surface area contributed by atoms with E-state index in [1.54, 1.807) is 0 Å². The van der Waals surface area contributed by atoms with E-state index in [1.807, 2.05) is 0 Å². The number of aliphatic imine (C=N–C) groups is 1. The van der Waals surface area contributed by atoms with Gasteiger partial charge in [0.05, 0.1) is 6.04 Å². The topological polar surface area (TPSA) is 15.6 Å². The van der Waals surface area contributed by atoms with Crippen LogP contribution in [-0.2, 0) is 0 Å². The number of hydrogen-bond acceptors (Lipinski definition) is 2. The molecule has 2 heterocycles. The van der Waals surface area contributed by atoms with Crippen molar-refractivity contribution >= 4 is 5.71 Å². The van der Waals surface area contributed by atoms with E-state index in [-0.39, 0.29) is 0 Å². The summed E-state index contributed by atoms with van der Waals surface area (Å²) in [6.45, 7) is 11.0. The zero-order valence-electron chi connectivity index (χ0n) is 13.0. The molecule has 0 N–H and O–H groups in total. The van der Waals surface area contributed by atoms with Crippen molar-refractivity contribution in [3.63, 3.8) is 0 Å². The zero-order chi connectivity index (χ0) is 14.1. The predicted octanol–water partition coefficient (Wildman–Crippen LogP) is 3.70. The van der Waals surface area contributed by atoms with Crippen LogP contribution in [0.1, 0.15) is 39.5 Å². The van der Waals surface area contributed by atoms with Crippen LogP contribution in [0.3, 0.4) is 0 Å². The lowest BCUT2D eigenvalue weighted by atomic mass is 9.80. The number of hydrogen-bond donors (Lipinski definition) is 0. The first-order valence-corrected chi connectivity index (χ1v) is 8.28. The van der Waals surface area contributed by atoms with Gasteiger partial charge in [0.25, 0.3) is 0 Å². The molecule has 0 aromatic rings. The molecule has 0 bridgehead atoms. The third-order valence-electron chi connectivity index (χ3n) is 5.66. The first-order valence-electron chi connectivity index (χ1n) is 8.28. The van der Waals surface area contributed by atoms with Crippen LogP contribution in [0.4, 0.5) is 0 Å². The average molecular weight is 272 g/mol. The number of nitrogens with zero attached hydrogens (tertiary/aromatic N) is 2. The Hall–Kier alpha value is -0.890. The van der Waals surface area contributed by atoms with Crippen LogP contribution in [-0.4, -0.2) is 35.8 Å². The summed E-state index contributed by atoms with van der Waals surface area (Å²) in [6.07, 6.45) is 11.7. The largest absolute Gasteiger partial charge is 0.298 e. The molecule has 1 aliphatic carbocycles. The highest BCUT2D eigenvalue weighted by Gasteiger charge is 2.40. The van der Waals surface area contributed by atoms with Crippen molar-refractivity contribution in [3.05, 3.63) is 24.8 Å². The second-order valence-electron chi connectivity index (χ2n) is 6.99. The summed E-state index contributed by atoms with van der Waals surface area (Å²) in [7, 11) is 0. The molecule has 3 aliphatic rings. The molecule has 0 saturated carbocycles. The van der Waals surface area contributed by atoms with Crippen molar-refractivity contribution in [2.75, 3.05) is 13.1 Å². The van der Waals surface area contributed by atoms with Gasteiger partial charge in [-0.1, -0.05) is 19.1 Å². The maximum absolute atomic E-state index is 5.07. The van der Waals surface area contributed by atoms with Crippen molar-refractivity contribution in [2.24, 2.45) is 22.7 Å². The summed E-state index contributed by atoms with van der Waals surface area (Å²) in [5, 5.41) is 0. The quantitative estimate of drug-likeness (QED) is 0.713. The second-order valence-corrected chi connectivity index (χ2v) is 6.99. The van der Waals surface area contributed by atoms with E-state index >= 15 is 0 Å².